The monoisotopic (exact) mass is 357 g/mol. The lowest BCUT2D eigenvalue weighted by atomic mass is 10.1. The maximum atomic E-state index is 11.8. The zero-order chi connectivity index (χ0) is 18.0. The zero-order valence-electron chi connectivity index (χ0n) is 14.6. The van der Waals surface area contributed by atoms with Gasteiger partial charge in [0.2, 0.25) is 0 Å². The molecule has 1 aromatic heterocycles. The molecule has 0 unspecified atom stereocenters. The van der Waals surface area contributed by atoms with Gasteiger partial charge in [-0.3, -0.25) is 0 Å². The van der Waals surface area contributed by atoms with Crippen molar-refractivity contribution in [3.63, 3.8) is 0 Å². The first-order valence-corrected chi connectivity index (χ1v) is 10.3. The number of fused-ring (bicyclic) bond motifs is 1. The van der Waals surface area contributed by atoms with Gasteiger partial charge in [-0.25, -0.2) is 8.42 Å². The summed E-state index contributed by atoms with van der Waals surface area (Å²) in [5.41, 5.74) is 4.19. The van der Waals surface area contributed by atoms with Gasteiger partial charge in [0.15, 0.2) is 9.84 Å². The summed E-state index contributed by atoms with van der Waals surface area (Å²) in [5.74, 6) is 0. The molecule has 3 aromatic rings. The lowest BCUT2D eigenvalue weighted by molar-refractivity contribution is 0.280. The Hall–Kier alpha value is -2.11. The van der Waals surface area contributed by atoms with Gasteiger partial charge in [-0.1, -0.05) is 37.6 Å². The molecule has 0 amide bonds. The topological polar surface area (TPSA) is 59.3 Å². The van der Waals surface area contributed by atoms with Crippen LogP contribution in [0, 0.1) is 0 Å². The van der Waals surface area contributed by atoms with E-state index in [1.54, 1.807) is 12.1 Å². The van der Waals surface area contributed by atoms with Crippen LogP contribution in [0.25, 0.3) is 10.9 Å². The quantitative estimate of drug-likeness (QED) is 0.734. The molecule has 0 saturated carbocycles. The van der Waals surface area contributed by atoms with Crippen LogP contribution in [0.1, 0.15) is 30.2 Å². The van der Waals surface area contributed by atoms with Crippen LogP contribution < -0.4 is 0 Å². The fraction of sp³-hybridized carbons (Fsp3) is 0.300. The fourth-order valence-corrected chi connectivity index (χ4v) is 3.88. The molecule has 0 saturated heterocycles. The summed E-state index contributed by atoms with van der Waals surface area (Å²) in [4.78, 5) is 0.343. The average Bonchev–Trinajstić information content (AvgIpc) is 2.92. The summed E-state index contributed by atoms with van der Waals surface area (Å²) < 4.78 is 25.9. The molecule has 25 heavy (non-hydrogen) atoms. The number of aliphatic hydroxyl groups is 1. The minimum Gasteiger partial charge on any atom is -0.392 e. The molecule has 0 aliphatic heterocycles. The minimum absolute atomic E-state index is 0.0106. The number of aromatic nitrogens is 1. The lowest BCUT2D eigenvalue weighted by Crippen LogP contribution is -2.06. The molecule has 0 aliphatic carbocycles. The molecule has 1 N–H and O–H groups in total. The van der Waals surface area contributed by atoms with Crippen molar-refractivity contribution in [3.8, 4) is 0 Å². The molecular formula is C20H23NO3S. The highest BCUT2D eigenvalue weighted by Gasteiger charge is 2.14. The molecule has 1 heterocycles. The molecular weight excluding hydrogens is 334 g/mol. The molecule has 0 atom stereocenters. The van der Waals surface area contributed by atoms with Crippen molar-refractivity contribution in [1.29, 1.82) is 0 Å². The predicted molar refractivity (Wildman–Crippen MR) is 101 cm³/mol. The first-order chi connectivity index (χ1) is 11.9. The summed E-state index contributed by atoms with van der Waals surface area (Å²) in [5, 5.41) is 10.5. The van der Waals surface area contributed by atoms with Gasteiger partial charge in [-0.05, 0) is 41.8 Å². The van der Waals surface area contributed by atoms with E-state index in [0.29, 0.717) is 11.4 Å². The van der Waals surface area contributed by atoms with Crippen LogP contribution in [-0.4, -0.2) is 24.3 Å². The fourth-order valence-electron chi connectivity index (χ4n) is 3.22. The second kappa shape index (κ2) is 7.02. The SMILES string of the molecule is CCCc1cc2cc(S(C)(=O)=O)ccc2n1Cc1ccccc1CO. The Bertz CT molecular complexity index is 1000. The number of nitrogens with zero attached hydrogens (tertiary/aromatic N) is 1. The maximum Gasteiger partial charge on any atom is 0.175 e. The summed E-state index contributed by atoms with van der Waals surface area (Å²) >= 11 is 0. The number of sulfone groups is 1. The minimum atomic E-state index is -3.22. The van der Waals surface area contributed by atoms with E-state index in [1.807, 2.05) is 30.3 Å². The second-order valence-corrected chi connectivity index (χ2v) is 8.41. The third-order valence-corrected chi connectivity index (χ3v) is 5.62. The first-order valence-electron chi connectivity index (χ1n) is 8.44. The summed E-state index contributed by atoms with van der Waals surface area (Å²) in [6, 6.07) is 15.2. The Morgan fingerprint density at radius 1 is 1.04 bits per heavy atom. The Morgan fingerprint density at radius 2 is 1.76 bits per heavy atom. The van der Waals surface area contributed by atoms with E-state index >= 15 is 0 Å². The molecule has 4 nitrogen and oxygen atoms in total. The largest absolute Gasteiger partial charge is 0.392 e. The van der Waals surface area contributed by atoms with Gasteiger partial charge < -0.3 is 9.67 Å². The third-order valence-electron chi connectivity index (χ3n) is 4.51. The van der Waals surface area contributed by atoms with Gasteiger partial charge in [0.05, 0.1) is 11.5 Å². The molecule has 0 aliphatic rings. The Labute approximate surface area is 148 Å². The number of hydrogen-bond acceptors (Lipinski definition) is 3. The third kappa shape index (κ3) is 3.62. The predicted octanol–water partition coefficient (Wildman–Crippen LogP) is 3.54. The van der Waals surface area contributed by atoms with Gasteiger partial charge in [-0.2, -0.15) is 0 Å². The van der Waals surface area contributed by atoms with Crippen LogP contribution in [0.5, 0.6) is 0 Å². The van der Waals surface area contributed by atoms with Crippen molar-refractivity contribution in [2.45, 2.75) is 37.8 Å². The number of hydrogen-bond donors (Lipinski definition) is 1. The Morgan fingerprint density at radius 3 is 2.40 bits per heavy atom. The van der Waals surface area contributed by atoms with Crippen LogP contribution in [0.3, 0.4) is 0 Å². The van der Waals surface area contributed by atoms with Crippen LogP contribution in [-0.2, 0) is 29.4 Å². The van der Waals surface area contributed by atoms with E-state index in [4.69, 9.17) is 0 Å². The normalized spacial score (nSPS) is 12.0. The van der Waals surface area contributed by atoms with Gasteiger partial charge in [-0.15, -0.1) is 0 Å². The van der Waals surface area contributed by atoms with Crippen molar-refractivity contribution in [2.75, 3.05) is 6.26 Å². The average molecular weight is 357 g/mol. The van der Waals surface area contributed by atoms with Gasteiger partial charge >= 0.3 is 0 Å². The van der Waals surface area contributed by atoms with Gasteiger partial charge in [0, 0.05) is 29.4 Å². The van der Waals surface area contributed by atoms with E-state index in [-0.39, 0.29) is 6.61 Å². The second-order valence-electron chi connectivity index (χ2n) is 6.39. The molecule has 3 rings (SSSR count). The zero-order valence-corrected chi connectivity index (χ0v) is 15.4. The Kier molecular flexibility index (Phi) is 4.97. The van der Waals surface area contributed by atoms with E-state index in [9.17, 15) is 13.5 Å². The number of aliphatic hydroxyl groups excluding tert-OH is 1. The van der Waals surface area contributed by atoms with Crippen LogP contribution in [0.2, 0.25) is 0 Å². The first kappa shape index (κ1) is 17.7. The summed E-state index contributed by atoms with van der Waals surface area (Å²) in [6.07, 6.45) is 3.16. The molecule has 132 valence electrons. The van der Waals surface area contributed by atoms with Crippen molar-refractivity contribution >= 4 is 20.7 Å². The molecule has 2 aromatic carbocycles. The van der Waals surface area contributed by atoms with Gasteiger partial charge in [0.25, 0.3) is 0 Å². The van der Waals surface area contributed by atoms with Crippen LogP contribution in [0.4, 0.5) is 0 Å². The van der Waals surface area contributed by atoms with Crippen LogP contribution in [0.15, 0.2) is 53.4 Å². The Balaban J connectivity index is 2.13. The highest BCUT2D eigenvalue weighted by Crippen LogP contribution is 2.26. The van der Waals surface area contributed by atoms with Crippen molar-refractivity contribution < 1.29 is 13.5 Å². The maximum absolute atomic E-state index is 11.8. The van der Waals surface area contributed by atoms with Crippen molar-refractivity contribution in [1.82, 2.24) is 4.57 Å². The van der Waals surface area contributed by atoms with E-state index in [0.717, 1.165) is 34.9 Å². The molecule has 0 spiro atoms. The highest BCUT2D eigenvalue weighted by molar-refractivity contribution is 7.90. The van der Waals surface area contributed by atoms with Gasteiger partial charge in [0.1, 0.15) is 0 Å². The number of aryl methyl sites for hydroxylation is 1. The number of rotatable bonds is 6. The van der Waals surface area contributed by atoms with Crippen molar-refractivity contribution in [2.24, 2.45) is 0 Å². The van der Waals surface area contributed by atoms with Crippen LogP contribution >= 0.6 is 0 Å². The number of benzene rings is 2. The molecule has 0 fully saturated rings. The highest BCUT2D eigenvalue weighted by atomic mass is 32.2. The van der Waals surface area contributed by atoms with Crippen molar-refractivity contribution in [3.05, 3.63) is 65.4 Å². The molecule has 0 radical (unpaired) electrons. The molecule has 0 bridgehead atoms. The smallest absolute Gasteiger partial charge is 0.175 e. The van der Waals surface area contributed by atoms with E-state index in [2.05, 4.69) is 17.6 Å². The lowest BCUT2D eigenvalue weighted by Gasteiger charge is -2.13. The van der Waals surface area contributed by atoms with E-state index in [1.165, 1.54) is 11.9 Å². The summed E-state index contributed by atoms with van der Waals surface area (Å²) in [7, 11) is -3.22. The molecule has 5 heteroatoms. The standard InChI is InChI=1S/C20H23NO3S/c1-3-6-18-11-17-12-19(25(2,23)24)9-10-20(17)21(18)13-15-7-4-5-8-16(15)14-22/h4-5,7-12,22H,3,6,13-14H2,1-2H3. The summed E-state index contributed by atoms with van der Waals surface area (Å²) in [6.45, 7) is 2.80. The van der Waals surface area contributed by atoms with E-state index < -0.39 is 9.84 Å².